The third-order valence-corrected chi connectivity index (χ3v) is 7.47. The molecule has 5 atom stereocenters. The number of aromatic nitrogens is 1. The number of hydrogen-bond donors (Lipinski definition) is 2. The zero-order valence-corrected chi connectivity index (χ0v) is 22.4. The van der Waals surface area contributed by atoms with Crippen LogP contribution < -0.4 is 0 Å². The number of Topliss-reactive ketones (excluding diaryl/α,β-unsaturated/α-hetero) is 1. The van der Waals surface area contributed by atoms with E-state index in [0.717, 1.165) is 21.8 Å². The van der Waals surface area contributed by atoms with Crippen LogP contribution in [0.25, 0.3) is 6.08 Å². The number of carbonyl (C=O) groups excluding carboxylic acids is 3. The van der Waals surface area contributed by atoms with E-state index in [-0.39, 0.29) is 12.2 Å². The molecule has 2 N–H and O–H groups in total. The van der Waals surface area contributed by atoms with E-state index in [1.54, 1.807) is 13.0 Å². The fourth-order valence-corrected chi connectivity index (χ4v) is 4.52. The molecule has 35 heavy (non-hydrogen) atoms. The molecule has 0 saturated heterocycles. The van der Waals surface area contributed by atoms with E-state index in [9.17, 15) is 24.6 Å². The summed E-state index contributed by atoms with van der Waals surface area (Å²) in [5.74, 6) is -3.07. The third-order valence-electron chi connectivity index (χ3n) is 6.67. The van der Waals surface area contributed by atoms with Crippen LogP contribution >= 0.6 is 11.3 Å². The molecule has 0 saturated carbocycles. The van der Waals surface area contributed by atoms with Crippen LogP contribution in [0.15, 0.2) is 34.8 Å². The van der Waals surface area contributed by atoms with Crippen molar-refractivity contribution < 1.29 is 29.3 Å². The predicted octanol–water partition coefficient (Wildman–Crippen LogP) is 4.22. The van der Waals surface area contributed by atoms with Crippen molar-refractivity contribution in [3.8, 4) is 0 Å². The number of thiazole rings is 1. The molecule has 0 aromatic carbocycles. The van der Waals surface area contributed by atoms with Crippen molar-refractivity contribution in [2.45, 2.75) is 79.6 Å². The molecular formula is C27H37NO6S. The van der Waals surface area contributed by atoms with Crippen molar-refractivity contribution in [3.63, 3.8) is 0 Å². The minimum Gasteiger partial charge on any atom is -0.457 e. The molecular weight excluding hydrogens is 466 g/mol. The summed E-state index contributed by atoms with van der Waals surface area (Å²) in [6.45, 7) is 11.8. The fourth-order valence-electron chi connectivity index (χ4n) is 3.95. The van der Waals surface area contributed by atoms with Crippen LogP contribution in [0.1, 0.15) is 65.1 Å². The van der Waals surface area contributed by atoms with Gasteiger partial charge in [-0.15, -0.1) is 11.3 Å². The van der Waals surface area contributed by atoms with E-state index in [1.165, 1.54) is 38.2 Å². The summed E-state index contributed by atoms with van der Waals surface area (Å²) >= 11 is 1.52. The number of rotatable bonds is 2. The Hall–Kier alpha value is -2.42. The molecule has 1 aromatic heterocycles. The van der Waals surface area contributed by atoms with Gasteiger partial charge in [-0.3, -0.25) is 14.4 Å². The van der Waals surface area contributed by atoms with Gasteiger partial charge in [0.25, 0.3) is 0 Å². The SMILES string of the molecule is CC1=CCC(C(C)=Cc2csc(C)n2)OC(=O)CC(O)C(C)(C)C(=O)C(C)C(O)C(C)C(=O)C=C1. The molecule has 1 aromatic rings. The minimum atomic E-state index is -1.33. The highest BCUT2D eigenvalue weighted by Crippen LogP contribution is 2.31. The number of ketones is 2. The van der Waals surface area contributed by atoms with Gasteiger partial charge in [-0.25, -0.2) is 4.98 Å². The summed E-state index contributed by atoms with van der Waals surface area (Å²) in [4.78, 5) is 43.0. The quantitative estimate of drug-likeness (QED) is 0.581. The van der Waals surface area contributed by atoms with Gasteiger partial charge in [-0.2, -0.15) is 0 Å². The van der Waals surface area contributed by atoms with Gasteiger partial charge in [0.15, 0.2) is 5.78 Å². The topological polar surface area (TPSA) is 114 Å². The smallest absolute Gasteiger partial charge is 0.309 e. The van der Waals surface area contributed by atoms with E-state index in [0.29, 0.717) is 6.42 Å². The lowest BCUT2D eigenvalue weighted by atomic mass is 9.73. The molecule has 7 nitrogen and oxygen atoms in total. The van der Waals surface area contributed by atoms with Crippen LogP contribution in [0, 0.1) is 24.2 Å². The van der Waals surface area contributed by atoms with E-state index >= 15 is 0 Å². The predicted molar refractivity (Wildman–Crippen MR) is 137 cm³/mol. The molecule has 1 aliphatic heterocycles. The molecule has 5 unspecified atom stereocenters. The number of aliphatic hydroxyl groups excluding tert-OH is 2. The van der Waals surface area contributed by atoms with Crippen LogP contribution in [-0.4, -0.2) is 51.0 Å². The van der Waals surface area contributed by atoms with Crippen molar-refractivity contribution in [1.82, 2.24) is 4.98 Å². The van der Waals surface area contributed by atoms with Crippen molar-refractivity contribution in [2.75, 3.05) is 0 Å². The lowest BCUT2D eigenvalue weighted by Gasteiger charge is -2.34. The Morgan fingerprint density at radius 3 is 2.40 bits per heavy atom. The maximum Gasteiger partial charge on any atom is 0.309 e. The second-order valence-electron chi connectivity index (χ2n) is 9.95. The van der Waals surface area contributed by atoms with Gasteiger partial charge in [0.2, 0.25) is 0 Å². The van der Waals surface area contributed by atoms with Gasteiger partial charge in [0.1, 0.15) is 11.9 Å². The van der Waals surface area contributed by atoms with Crippen molar-refractivity contribution in [3.05, 3.63) is 45.5 Å². The van der Waals surface area contributed by atoms with Crippen LogP contribution in [0.5, 0.6) is 0 Å². The van der Waals surface area contributed by atoms with E-state index in [1.807, 2.05) is 38.3 Å². The first kappa shape index (κ1) is 28.8. The summed E-state index contributed by atoms with van der Waals surface area (Å²) in [7, 11) is 0. The Morgan fingerprint density at radius 1 is 1.14 bits per heavy atom. The summed E-state index contributed by atoms with van der Waals surface area (Å²) in [5, 5.41) is 24.3. The van der Waals surface area contributed by atoms with Gasteiger partial charge >= 0.3 is 5.97 Å². The highest BCUT2D eigenvalue weighted by Gasteiger charge is 2.43. The zero-order valence-electron chi connectivity index (χ0n) is 21.6. The average Bonchev–Trinajstić information content (AvgIpc) is 3.21. The van der Waals surface area contributed by atoms with Crippen molar-refractivity contribution in [1.29, 1.82) is 0 Å². The largest absolute Gasteiger partial charge is 0.457 e. The monoisotopic (exact) mass is 503 g/mol. The van der Waals surface area contributed by atoms with Crippen molar-refractivity contribution in [2.24, 2.45) is 17.3 Å². The summed E-state index contributed by atoms with van der Waals surface area (Å²) in [6, 6.07) is 0. The summed E-state index contributed by atoms with van der Waals surface area (Å²) in [6.07, 6.45) is 3.60. The Morgan fingerprint density at radius 2 is 1.80 bits per heavy atom. The van der Waals surface area contributed by atoms with Crippen LogP contribution in [0.3, 0.4) is 0 Å². The minimum absolute atomic E-state index is 0.298. The maximum absolute atomic E-state index is 13.1. The highest BCUT2D eigenvalue weighted by molar-refractivity contribution is 7.09. The molecule has 0 aliphatic carbocycles. The van der Waals surface area contributed by atoms with E-state index < -0.39 is 47.3 Å². The lowest BCUT2D eigenvalue weighted by molar-refractivity contribution is -0.154. The molecule has 2 heterocycles. The van der Waals surface area contributed by atoms with Crippen LogP contribution in [0.2, 0.25) is 0 Å². The van der Waals surface area contributed by atoms with Crippen LogP contribution in [-0.2, 0) is 19.1 Å². The summed E-state index contributed by atoms with van der Waals surface area (Å²) < 4.78 is 5.74. The van der Waals surface area contributed by atoms with E-state index in [2.05, 4.69) is 4.98 Å². The zero-order chi connectivity index (χ0) is 26.5. The Bertz CT molecular complexity index is 1030. The number of allylic oxidation sites excluding steroid dienone is 3. The number of hydrogen-bond acceptors (Lipinski definition) is 8. The van der Waals surface area contributed by atoms with Crippen LogP contribution in [0.4, 0.5) is 0 Å². The number of esters is 1. The highest BCUT2D eigenvalue weighted by atomic mass is 32.1. The molecule has 1 aliphatic rings. The van der Waals surface area contributed by atoms with Crippen molar-refractivity contribution >= 4 is 34.9 Å². The molecule has 0 bridgehead atoms. The second kappa shape index (κ2) is 12.0. The number of nitrogens with zero attached hydrogens (tertiary/aromatic N) is 1. The summed E-state index contributed by atoms with van der Waals surface area (Å²) in [5.41, 5.74) is 1.01. The normalized spacial score (nSPS) is 29.6. The number of carbonyl (C=O) groups is 3. The molecule has 0 amide bonds. The maximum atomic E-state index is 13.1. The first-order valence-electron chi connectivity index (χ1n) is 11.8. The third kappa shape index (κ3) is 7.53. The second-order valence-corrected chi connectivity index (χ2v) is 11.0. The standard InChI is InChI=1S/C27H37NO6S/c1-15-8-10-21(29)17(3)25(32)18(4)26(33)27(6,7)23(30)13-24(31)34-22(11-9-15)16(2)12-20-14-35-19(5)28-20/h8-10,12,14,17-18,22-23,25,30,32H,11,13H2,1-7H3. The van der Waals surface area contributed by atoms with E-state index in [4.69, 9.17) is 4.74 Å². The average molecular weight is 504 g/mol. The Labute approximate surface area is 211 Å². The number of aliphatic hydroxyl groups is 2. The van der Waals surface area contributed by atoms with Gasteiger partial charge in [0, 0.05) is 23.6 Å². The van der Waals surface area contributed by atoms with Gasteiger partial charge < -0.3 is 14.9 Å². The molecule has 0 radical (unpaired) electrons. The number of aryl methyl sites for hydroxylation is 1. The number of ether oxygens (including phenoxy) is 1. The molecule has 192 valence electrons. The Kier molecular flexibility index (Phi) is 9.89. The van der Waals surface area contributed by atoms with Gasteiger partial charge in [-0.1, -0.05) is 45.4 Å². The Balaban J connectivity index is 2.43. The molecule has 0 fully saturated rings. The van der Waals surface area contributed by atoms with Gasteiger partial charge in [-0.05, 0) is 38.5 Å². The fraction of sp³-hybridized carbons (Fsp3) is 0.556. The van der Waals surface area contributed by atoms with Gasteiger partial charge in [0.05, 0.1) is 34.7 Å². The first-order valence-corrected chi connectivity index (χ1v) is 12.7. The molecule has 0 spiro atoms. The first-order chi connectivity index (χ1) is 16.2. The molecule has 8 heteroatoms. The lowest BCUT2D eigenvalue weighted by Crippen LogP contribution is -2.46. The molecule has 2 rings (SSSR count). The number of cyclic esters (lactones) is 1.